The predicted molar refractivity (Wildman–Crippen MR) is 157 cm³/mol. The van der Waals surface area contributed by atoms with Gasteiger partial charge in [0.1, 0.15) is 18.1 Å². The number of rotatable bonds is 12. The fraction of sp³-hybridized carbons (Fsp3) is 0.250. The maximum Gasteiger partial charge on any atom is 0.306 e. The van der Waals surface area contributed by atoms with Crippen molar-refractivity contribution >= 4 is 10.1 Å². The van der Waals surface area contributed by atoms with E-state index in [0.717, 1.165) is 24.7 Å². The van der Waals surface area contributed by atoms with E-state index in [1.807, 2.05) is 36.4 Å². The molecule has 0 amide bonds. The van der Waals surface area contributed by atoms with Crippen molar-refractivity contribution in [2.24, 2.45) is 5.92 Å². The number of phenols is 1. The molecule has 1 aliphatic carbocycles. The van der Waals surface area contributed by atoms with Gasteiger partial charge in [0.15, 0.2) is 23.0 Å². The van der Waals surface area contributed by atoms with Crippen LogP contribution in [0.3, 0.4) is 0 Å². The fourth-order valence-electron chi connectivity index (χ4n) is 4.46. The Morgan fingerprint density at radius 2 is 1.49 bits per heavy atom. The minimum Gasteiger partial charge on any atom is -0.504 e. The zero-order valence-electron chi connectivity index (χ0n) is 23.1. The van der Waals surface area contributed by atoms with Gasteiger partial charge in [-0.3, -0.25) is 0 Å². The highest BCUT2D eigenvalue weighted by molar-refractivity contribution is 7.86. The highest BCUT2D eigenvalue weighted by Crippen LogP contribution is 2.51. The first-order valence-electron chi connectivity index (χ1n) is 13.2. The van der Waals surface area contributed by atoms with Crippen LogP contribution < -0.4 is 23.1 Å². The lowest BCUT2D eigenvalue weighted by Crippen LogP contribution is -2.05. The molecule has 0 atom stereocenters. The van der Waals surface area contributed by atoms with Gasteiger partial charge in [0.05, 0.1) is 32.6 Å². The Morgan fingerprint density at radius 1 is 0.805 bits per heavy atom. The van der Waals surface area contributed by atoms with Crippen LogP contribution in [-0.2, 0) is 16.7 Å². The summed E-state index contributed by atoms with van der Waals surface area (Å²) in [6, 6.07) is 23.6. The summed E-state index contributed by atoms with van der Waals surface area (Å²) in [6.07, 6.45) is 3.15. The van der Waals surface area contributed by atoms with Crippen molar-refractivity contribution in [3.8, 4) is 56.8 Å². The maximum atomic E-state index is 11.6. The summed E-state index contributed by atoms with van der Waals surface area (Å²) in [5.74, 6) is 2.37. The largest absolute Gasteiger partial charge is 0.504 e. The molecule has 4 aromatic rings. The molecular formula is C32H32O8S. The van der Waals surface area contributed by atoms with Crippen LogP contribution in [-0.4, -0.2) is 40.6 Å². The van der Waals surface area contributed by atoms with Gasteiger partial charge in [0.25, 0.3) is 0 Å². The number of aromatic hydroxyl groups is 1. The van der Waals surface area contributed by atoms with E-state index >= 15 is 0 Å². The molecule has 0 bridgehead atoms. The minimum absolute atomic E-state index is 0.0727. The van der Waals surface area contributed by atoms with Gasteiger partial charge < -0.3 is 28.2 Å². The lowest BCUT2D eigenvalue weighted by Gasteiger charge is -2.20. The zero-order valence-corrected chi connectivity index (χ0v) is 23.9. The van der Waals surface area contributed by atoms with Crippen LogP contribution >= 0.6 is 0 Å². The van der Waals surface area contributed by atoms with Gasteiger partial charge in [0.2, 0.25) is 0 Å². The summed E-state index contributed by atoms with van der Waals surface area (Å²) < 4.78 is 51.6. The van der Waals surface area contributed by atoms with Crippen LogP contribution in [0.25, 0.3) is 22.3 Å². The number of hydrogen-bond donors (Lipinski definition) is 1. The molecule has 0 saturated heterocycles. The van der Waals surface area contributed by atoms with E-state index in [2.05, 4.69) is 0 Å². The van der Waals surface area contributed by atoms with Crippen LogP contribution in [0.4, 0.5) is 0 Å². The predicted octanol–water partition coefficient (Wildman–Crippen LogP) is 6.45. The lowest BCUT2D eigenvalue weighted by atomic mass is 9.96. The van der Waals surface area contributed by atoms with Crippen LogP contribution in [0.1, 0.15) is 18.4 Å². The third kappa shape index (κ3) is 6.86. The molecule has 0 aromatic heterocycles. The Morgan fingerprint density at radius 3 is 2.12 bits per heavy atom. The second kappa shape index (κ2) is 12.0. The van der Waals surface area contributed by atoms with E-state index in [4.69, 9.17) is 23.1 Å². The number of methoxy groups -OCH3 is 2. The van der Waals surface area contributed by atoms with Gasteiger partial charge in [-0.2, -0.15) is 8.42 Å². The van der Waals surface area contributed by atoms with Gasteiger partial charge >= 0.3 is 10.1 Å². The number of benzene rings is 4. The van der Waals surface area contributed by atoms with Crippen molar-refractivity contribution in [2.75, 3.05) is 27.1 Å². The van der Waals surface area contributed by atoms with Crippen molar-refractivity contribution in [1.29, 1.82) is 0 Å². The summed E-state index contributed by atoms with van der Waals surface area (Å²) in [4.78, 5) is 0. The number of hydrogen-bond acceptors (Lipinski definition) is 8. The van der Waals surface area contributed by atoms with Gasteiger partial charge in [-0.05, 0) is 65.8 Å². The first-order chi connectivity index (χ1) is 19.8. The lowest BCUT2D eigenvalue weighted by molar-refractivity contribution is 0.284. The van der Waals surface area contributed by atoms with Crippen molar-refractivity contribution in [1.82, 2.24) is 0 Å². The monoisotopic (exact) mass is 576 g/mol. The number of phenolic OH excluding ortho intramolecular Hbond substituents is 1. The van der Waals surface area contributed by atoms with Crippen molar-refractivity contribution in [3.63, 3.8) is 0 Å². The Balaban J connectivity index is 1.53. The van der Waals surface area contributed by atoms with Crippen molar-refractivity contribution < 1.29 is 36.7 Å². The molecule has 0 heterocycles. The Kier molecular flexibility index (Phi) is 8.26. The van der Waals surface area contributed by atoms with E-state index < -0.39 is 10.1 Å². The smallest absolute Gasteiger partial charge is 0.306 e. The van der Waals surface area contributed by atoms with E-state index in [0.29, 0.717) is 64.4 Å². The van der Waals surface area contributed by atoms with E-state index in [-0.39, 0.29) is 11.5 Å². The summed E-state index contributed by atoms with van der Waals surface area (Å²) in [7, 11) is -0.561. The van der Waals surface area contributed by atoms with Gasteiger partial charge in [-0.1, -0.05) is 48.5 Å². The van der Waals surface area contributed by atoms with Crippen LogP contribution in [0.2, 0.25) is 0 Å². The van der Waals surface area contributed by atoms with Gasteiger partial charge in [0, 0.05) is 5.56 Å². The highest BCUT2D eigenvalue weighted by atomic mass is 32.2. The molecule has 41 heavy (non-hydrogen) atoms. The van der Waals surface area contributed by atoms with Crippen LogP contribution in [0.15, 0.2) is 78.9 Å². The molecule has 0 radical (unpaired) electrons. The van der Waals surface area contributed by atoms with Crippen LogP contribution in [0, 0.1) is 5.92 Å². The molecule has 9 heteroatoms. The molecule has 4 aromatic carbocycles. The van der Waals surface area contributed by atoms with Gasteiger partial charge in [-0.25, -0.2) is 0 Å². The molecule has 0 spiro atoms. The third-order valence-corrected chi connectivity index (χ3v) is 7.20. The number of ether oxygens (including phenoxy) is 4. The molecule has 0 unspecified atom stereocenters. The van der Waals surface area contributed by atoms with Crippen molar-refractivity contribution in [2.45, 2.75) is 19.4 Å². The van der Waals surface area contributed by atoms with Crippen LogP contribution in [0.5, 0.6) is 34.5 Å². The summed E-state index contributed by atoms with van der Waals surface area (Å²) >= 11 is 0. The zero-order chi connectivity index (χ0) is 29.0. The average Bonchev–Trinajstić information content (AvgIpc) is 3.80. The van der Waals surface area contributed by atoms with E-state index in [9.17, 15) is 13.5 Å². The molecular weight excluding hydrogens is 544 g/mol. The van der Waals surface area contributed by atoms with E-state index in [1.54, 1.807) is 49.6 Å². The first-order valence-corrected chi connectivity index (χ1v) is 15.0. The first kappa shape index (κ1) is 28.2. The molecule has 1 fully saturated rings. The Bertz CT molecular complexity index is 1610. The molecule has 5 rings (SSSR count). The SMILES string of the molecule is COc1cc(-c2c(OC)cc(-c3ccc(OS(C)(=O)=O)cc3)c(OCC3CC3)c2O)ccc1OCc1ccccc1. The summed E-state index contributed by atoms with van der Waals surface area (Å²) in [5.41, 5.74) is 3.43. The minimum atomic E-state index is -3.66. The second-order valence-electron chi connectivity index (χ2n) is 9.89. The molecule has 1 aliphatic rings. The molecule has 214 valence electrons. The summed E-state index contributed by atoms with van der Waals surface area (Å²) in [6.45, 7) is 0.851. The second-order valence-corrected chi connectivity index (χ2v) is 11.5. The van der Waals surface area contributed by atoms with Crippen molar-refractivity contribution in [3.05, 3.63) is 84.4 Å². The Labute approximate surface area is 240 Å². The van der Waals surface area contributed by atoms with E-state index in [1.165, 1.54) is 7.11 Å². The fourth-order valence-corrected chi connectivity index (χ4v) is 4.92. The molecule has 0 aliphatic heterocycles. The summed E-state index contributed by atoms with van der Waals surface area (Å²) in [5, 5.41) is 11.6. The third-order valence-electron chi connectivity index (χ3n) is 6.70. The quantitative estimate of drug-likeness (QED) is 0.192. The Hall–Kier alpha value is -4.37. The average molecular weight is 577 g/mol. The maximum absolute atomic E-state index is 11.6. The normalized spacial score (nSPS) is 13.0. The molecule has 1 N–H and O–H groups in total. The standard InChI is InChI=1S/C32H32O8S/c1-36-28-17-24(13-16-27(28)38-19-21-7-5-4-6-8-21)30-29(37-2)18-26(32(31(30)33)39-20-22-9-10-22)23-11-14-25(15-12-23)40-41(3,34)35/h4-8,11-18,22,33H,9-10,19-20H2,1-3H3. The molecule has 1 saturated carbocycles. The molecule has 8 nitrogen and oxygen atoms in total. The highest BCUT2D eigenvalue weighted by Gasteiger charge is 2.27. The topological polar surface area (TPSA) is 101 Å². The van der Waals surface area contributed by atoms with Gasteiger partial charge in [-0.15, -0.1) is 0 Å².